The van der Waals surface area contributed by atoms with Crippen LogP contribution in [0.2, 0.25) is 0 Å². The number of amides is 1. The molecule has 23 heavy (non-hydrogen) atoms. The number of thioether (sulfide) groups is 1. The van der Waals surface area contributed by atoms with E-state index in [2.05, 4.69) is 17.6 Å². The molecule has 0 radical (unpaired) electrons. The van der Waals surface area contributed by atoms with Gasteiger partial charge in [0.15, 0.2) is 5.69 Å². The van der Waals surface area contributed by atoms with Crippen molar-refractivity contribution in [1.82, 2.24) is 9.88 Å². The molecular weight excluding hydrogens is 336 g/mol. The largest absolute Gasteiger partial charge is 0.480 e. The van der Waals surface area contributed by atoms with Gasteiger partial charge in [-0.2, -0.15) is 5.26 Å². The molecule has 0 bridgehead atoms. The van der Waals surface area contributed by atoms with Gasteiger partial charge in [-0.15, -0.1) is 24.4 Å². The summed E-state index contributed by atoms with van der Waals surface area (Å²) < 4.78 is 0. The maximum absolute atomic E-state index is 12.7. The normalized spacial score (nSPS) is 20.6. The summed E-state index contributed by atoms with van der Waals surface area (Å²) in [4.78, 5) is 31.4. The number of carboxylic acids is 1. The Morgan fingerprint density at radius 1 is 1.61 bits per heavy atom. The van der Waals surface area contributed by atoms with Crippen LogP contribution in [0.5, 0.6) is 0 Å². The fraction of sp³-hybridized carbons (Fsp3) is 0.429. The molecule has 1 amide bonds. The van der Waals surface area contributed by atoms with Gasteiger partial charge in [-0.3, -0.25) is 14.5 Å². The molecule has 7 nitrogen and oxygen atoms in total. The zero-order valence-electron chi connectivity index (χ0n) is 12.8. The van der Waals surface area contributed by atoms with E-state index in [1.165, 1.54) is 27.8 Å². The lowest BCUT2D eigenvalue weighted by molar-refractivity contribution is -0.139. The Morgan fingerprint density at radius 2 is 2.26 bits per heavy atom. The molecule has 2 heterocycles. The number of pyridine rings is 1. The predicted octanol–water partition coefficient (Wildman–Crippen LogP) is 1.40. The van der Waals surface area contributed by atoms with Crippen LogP contribution in [-0.2, 0) is 9.59 Å². The second-order valence-electron chi connectivity index (χ2n) is 5.46. The fourth-order valence-electron chi connectivity index (χ4n) is 2.43. The molecule has 2 rings (SSSR count). The number of nitrogens with zero attached hydrogens (tertiary/aromatic N) is 4. The lowest BCUT2D eigenvalue weighted by Crippen LogP contribution is -2.47. The Labute approximate surface area is 143 Å². The molecule has 0 spiro atoms. The quantitative estimate of drug-likeness (QED) is 0.624. The van der Waals surface area contributed by atoms with E-state index < -0.39 is 17.0 Å². The Balaban J connectivity index is 2.46. The van der Waals surface area contributed by atoms with Crippen LogP contribution in [0.25, 0.3) is 0 Å². The molecule has 9 heteroatoms. The van der Waals surface area contributed by atoms with Crippen molar-refractivity contribution in [2.75, 3.05) is 17.7 Å². The summed E-state index contributed by atoms with van der Waals surface area (Å²) in [5, 5.41) is 18.1. The molecule has 1 aliphatic heterocycles. The second-order valence-corrected chi connectivity index (χ2v) is 6.77. The summed E-state index contributed by atoms with van der Waals surface area (Å²) in [5.41, 5.74) is -0.958. The first-order valence-electron chi connectivity index (χ1n) is 6.68. The number of hydrogen-bond acceptors (Lipinski definition) is 7. The highest BCUT2D eigenvalue weighted by Crippen LogP contribution is 2.37. The van der Waals surface area contributed by atoms with Gasteiger partial charge in [-0.05, 0) is 26.2 Å². The molecule has 1 aromatic rings. The molecule has 0 aromatic carbocycles. The highest BCUT2D eigenvalue weighted by Gasteiger charge is 2.51. The minimum absolute atomic E-state index is 0.266. The molecule has 1 aliphatic rings. The molecule has 122 valence electrons. The molecule has 0 saturated carbocycles. The first-order valence-corrected chi connectivity index (χ1v) is 8.42. The molecule has 1 saturated heterocycles. The van der Waals surface area contributed by atoms with E-state index in [0.717, 1.165) is 0 Å². The van der Waals surface area contributed by atoms with Gasteiger partial charge in [0.1, 0.15) is 11.6 Å². The lowest BCUT2D eigenvalue weighted by atomic mass is 10.0. The van der Waals surface area contributed by atoms with Crippen LogP contribution in [0.15, 0.2) is 17.2 Å². The van der Waals surface area contributed by atoms with Gasteiger partial charge in [0, 0.05) is 4.90 Å². The summed E-state index contributed by atoms with van der Waals surface area (Å²) in [7, 11) is 0. The van der Waals surface area contributed by atoms with Crippen molar-refractivity contribution in [3.8, 4) is 6.07 Å². The van der Waals surface area contributed by atoms with Crippen molar-refractivity contribution >= 4 is 42.0 Å². The second kappa shape index (κ2) is 6.39. The third kappa shape index (κ3) is 3.02. The van der Waals surface area contributed by atoms with Gasteiger partial charge in [-0.1, -0.05) is 0 Å². The van der Waals surface area contributed by atoms with Crippen molar-refractivity contribution in [2.45, 2.75) is 29.8 Å². The van der Waals surface area contributed by atoms with Crippen LogP contribution in [0, 0.1) is 11.3 Å². The predicted molar refractivity (Wildman–Crippen MR) is 89.4 cm³/mol. The minimum atomic E-state index is -1.03. The van der Waals surface area contributed by atoms with E-state index in [4.69, 9.17) is 10.4 Å². The minimum Gasteiger partial charge on any atom is -0.480 e. The molecular formula is C14H16N4O3S2. The lowest BCUT2D eigenvalue weighted by Gasteiger charge is -2.29. The standard InChI is InChI=1S/C14H16N4O3S2/c1-14(2)12(21)18(13(22)17(14)7-11(19)20)8-4-10(23-3)9(5-15)16-6-8/h4,6,13,22H,7H2,1-3H3,(H,19,20). The average molecular weight is 352 g/mol. The van der Waals surface area contributed by atoms with Gasteiger partial charge in [0.25, 0.3) is 0 Å². The van der Waals surface area contributed by atoms with Crippen molar-refractivity contribution < 1.29 is 14.7 Å². The molecule has 1 fully saturated rings. The Bertz CT molecular complexity index is 702. The molecule has 1 N–H and O–H groups in total. The summed E-state index contributed by atoms with van der Waals surface area (Å²) in [6.07, 6.45) is 3.24. The number of aliphatic carboxylic acids is 1. The van der Waals surface area contributed by atoms with E-state index in [1.807, 2.05) is 12.3 Å². The topological polar surface area (TPSA) is 97.5 Å². The van der Waals surface area contributed by atoms with E-state index in [1.54, 1.807) is 19.9 Å². The van der Waals surface area contributed by atoms with E-state index in [0.29, 0.717) is 10.6 Å². The maximum atomic E-state index is 12.7. The van der Waals surface area contributed by atoms with E-state index in [-0.39, 0.29) is 18.1 Å². The van der Waals surface area contributed by atoms with Crippen LogP contribution < -0.4 is 4.90 Å². The highest BCUT2D eigenvalue weighted by molar-refractivity contribution is 7.98. The van der Waals surface area contributed by atoms with Crippen LogP contribution >= 0.6 is 24.4 Å². The van der Waals surface area contributed by atoms with E-state index in [9.17, 15) is 9.59 Å². The molecule has 1 unspecified atom stereocenters. The van der Waals surface area contributed by atoms with Gasteiger partial charge in [-0.25, -0.2) is 9.88 Å². The third-order valence-electron chi connectivity index (χ3n) is 3.72. The SMILES string of the molecule is CSc1cc(N2C(=O)C(C)(C)N(CC(=O)O)C2S)cnc1C#N. The molecule has 1 atom stereocenters. The van der Waals surface area contributed by atoms with Crippen molar-refractivity contribution in [1.29, 1.82) is 5.26 Å². The van der Waals surface area contributed by atoms with Crippen molar-refractivity contribution in [3.05, 3.63) is 18.0 Å². The smallest absolute Gasteiger partial charge is 0.317 e. The Kier molecular flexibility index (Phi) is 4.89. The summed E-state index contributed by atoms with van der Waals surface area (Å²) in [5.74, 6) is -1.30. The number of hydrogen-bond donors (Lipinski definition) is 2. The number of carbonyl (C=O) groups is 2. The average Bonchev–Trinajstić information content (AvgIpc) is 2.66. The van der Waals surface area contributed by atoms with Crippen molar-refractivity contribution in [2.24, 2.45) is 0 Å². The zero-order valence-corrected chi connectivity index (χ0v) is 14.6. The monoisotopic (exact) mass is 352 g/mol. The van der Waals surface area contributed by atoms with E-state index >= 15 is 0 Å². The zero-order chi connectivity index (χ0) is 17.4. The van der Waals surface area contributed by atoms with Crippen LogP contribution in [0.3, 0.4) is 0 Å². The summed E-state index contributed by atoms with van der Waals surface area (Å²) in [6, 6.07) is 3.69. The van der Waals surface area contributed by atoms with Gasteiger partial charge < -0.3 is 5.11 Å². The van der Waals surface area contributed by atoms with Gasteiger partial charge in [0.05, 0.1) is 24.0 Å². The van der Waals surface area contributed by atoms with Crippen molar-refractivity contribution in [3.63, 3.8) is 0 Å². The van der Waals surface area contributed by atoms with Gasteiger partial charge in [0.2, 0.25) is 5.91 Å². The number of thiol groups is 1. The third-order valence-corrected chi connectivity index (χ3v) is 4.98. The number of carbonyl (C=O) groups excluding carboxylic acids is 1. The first kappa shape index (κ1) is 17.6. The first-order chi connectivity index (χ1) is 10.7. The number of carboxylic acid groups (broad SMARTS) is 1. The van der Waals surface area contributed by atoms with Gasteiger partial charge >= 0.3 is 5.97 Å². The van der Waals surface area contributed by atoms with Crippen LogP contribution in [0.1, 0.15) is 19.5 Å². The highest BCUT2D eigenvalue weighted by atomic mass is 32.2. The molecule has 0 aliphatic carbocycles. The summed E-state index contributed by atoms with van der Waals surface area (Å²) in [6.45, 7) is 3.02. The van der Waals surface area contributed by atoms with Crippen LogP contribution in [0.4, 0.5) is 5.69 Å². The fourth-order valence-corrected chi connectivity index (χ4v) is 3.57. The van der Waals surface area contributed by atoms with Crippen LogP contribution in [-0.4, -0.2) is 50.7 Å². The molecule has 1 aromatic heterocycles. The Morgan fingerprint density at radius 3 is 2.78 bits per heavy atom. The Hall–Kier alpha value is -1.76. The maximum Gasteiger partial charge on any atom is 0.317 e. The number of aromatic nitrogens is 1. The number of rotatable bonds is 4. The summed E-state index contributed by atoms with van der Waals surface area (Å²) >= 11 is 5.77. The number of anilines is 1. The number of nitriles is 1.